The van der Waals surface area contributed by atoms with E-state index in [1.54, 1.807) is 48.5 Å². The number of benzene rings is 3. The van der Waals surface area contributed by atoms with Gasteiger partial charge in [-0.25, -0.2) is 0 Å². The van der Waals surface area contributed by atoms with E-state index < -0.39 is 48.5 Å². The van der Waals surface area contributed by atoms with E-state index in [-0.39, 0.29) is 19.8 Å². The summed E-state index contributed by atoms with van der Waals surface area (Å²) in [5.41, 5.74) is 3.14. The number of hydrogen-bond acceptors (Lipinski definition) is 5. The molecule has 0 aliphatic carbocycles. The molecule has 3 aromatic carbocycles. The summed E-state index contributed by atoms with van der Waals surface area (Å²) in [6, 6.07) is 21.9. The Kier molecular flexibility index (Phi) is 10.3. The first kappa shape index (κ1) is 32.6. The van der Waals surface area contributed by atoms with Gasteiger partial charge in [0.1, 0.15) is 6.04 Å². The molecule has 2 atom stereocenters. The number of nitrogens with one attached hydrogen (secondary N) is 2. The van der Waals surface area contributed by atoms with Crippen LogP contribution < -0.4 is 15.5 Å². The molecule has 3 aromatic rings. The van der Waals surface area contributed by atoms with Crippen LogP contribution in [0.25, 0.3) is 11.1 Å². The Hall–Kier alpha value is -4.36. The second-order valence-electron chi connectivity index (χ2n) is 9.83. The van der Waals surface area contributed by atoms with Crippen LogP contribution in [0.3, 0.4) is 0 Å². The molecule has 234 valence electrons. The van der Waals surface area contributed by atoms with E-state index in [9.17, 15) is 36.3 Å². The molecule has 2 N–H and O–H groups in total. The Morgan fingerprint density at radius 1 is 0.886 bits per heavy atom. The second-order valence-corrected chi connectivity index (χ2v) is 9.83. The first-order valence-electron chi connectivity index (χ1n) is 13.7. The van der Waals surface area contributed by atoms with Crippen LogP contribution >= 0.6 is 0 Å². The lowest BCUT2D eigenvalue weighted by molar-refractivity contribution is -0.278. The van der Waals surface area contributed by atoms with E-state index in [1.807, 2.05) is 30.3 Å². The quantitative estimate of drug-likeness (QED) is 0.173. The predicted molar refractivity (Wildman–Crippen MR) is 151 cm³/mol. The Balaban J connectivity index is 1.58. The zero-order chi connectivity index (χ0) is 31.9. The summed E-state index contributed by atoms with van der Waals surface area (Å²) in [6.07, 6.45) is -8.03. The number of rotatable bonds is 12. The van der Waals surface area contributed by atoms with Gasteiger partial charge in [0.05, 0.1) is 25.4 Å². The van der Waals surface area contributed by atoms with Gasteiger partial charge in [0.2, 0.25) is 6.10 Å². The fraction of sp³-hybridized carbons (Fsp3) is 0.323. The van der Waals surface area contributed by atoms with Crippen LogP contribution in [0, 0.1) is 0 Å². The van der Waals surface area contributed by atoms with Crippen molar-refractivity contribution >= 4 is 23.4 Å². The van der Waals surface area contributed by atoms with E-state index in [4.69, 9.17) is 9.47 Å². The largest absolute Gasteiger partial charge is 0.455 e. The Morgan fingerprint density at radius 3 is 2.20 bits per heavy atom. The fourth-order valence-corrected chi connectivity index (χ4v) is 4.67. The molecule has 1 heterocycles. The molecule has 1 unspecified atom stereocenters. The van der Waals surface area contributed by atoms with Gasteiger partial charge in [0.15, 0.2) is 0 Å². The van der Waals surface area contributed by atoms with Crippen molar-refractivity contribution in [2.24, 2.45) is 0 Å². The summed E-state index contributed by atoms with van der Waals surface area (Å²) < 4.78 is 75.6. The highest BCUT2D eigenvalue weighted by atomic mass is 19.4. The molecule has 1 aliphatic rings. The van der Waals surface area contributed by atoms with Crippen LogP contribution in [0.15, 0.2) is 78.9 Å². The molecule has 8 nitrogen and oxygen atoms in total. The van der Waals surface area contributed by atoms with Crippen LogP contribution in [0.1, 0.15) is 24.1 Å². The highest BCUT2D eigenvalue weighted by molar-refractivity contribution is 6.09. The number of nitrogens with zero attached hydrogens (tertiary/aromatic N) is 1. The van der Waals surface area contributed by atoms with Crippen LogP contribution in [0.2, 0.25) is 0 Å². The zero-order valence-electron chi connectivity index (χ0n) is 23.6. The maximum absolute atomic E-state index is 14.1. The molecule has 0 radical (unpaired) electrons. The van der Waals surface area contributed by atoms with Crippen molar-refractivity contribution in [1.29, 1.82) is 0 Å². The molecule has 0 aromatic heterocycles. The standard InChI is InChI=1S/C31H30F5N3O5/c1-2-44-26(27(40)37-19-30(32,33)31(34,35)36)28(41)38-25-23-14-7-6-12-21(23)22-13-8-9-15-24(22)39(29(25)42)16-17-43-18-20-10-4-3-5-11-20/h3-15,25-26H,2,16-19H2,1H3,(H,37,40)(H,38,41)/t25?,26-/m0/s1. The third-order valence-electron chi connectivity index (χ3n) is 6.84. The number of hydrogen-bond donors (Lipinski definition) is 2. The van der Waals surface area contributed by atoms with Crippen molar-refractivity contribution in [3.63, 3.8) is 0 Å². The minimum Gasteiger partial charge on any atom is -0.375 e. The summed E-state index contributed by atoms with van der Waals surface area (Å²) in [7, 11) is 0. The number of fused-ring (bicyclic) bond motifs is 3. The van der Waals surface area contributed by atoms with Gasteiger partial charge in [-0.3, -0.25) is 14.4 Å². The van der Waals surface area contributed by atoms with Crippen molar-refractivity contribution in [2.75, 3.05) is 31.2 Å². The van der Waals surface area contributed by atoms with Crippen molar-refractivity contribution in [3.05, 3.63) is 90.0 Å². The normalized spacial score (nSPS) is 15.5. The van der Waals surface area contributed by atoms with E-state index in [2.05, 4.69) is 5.32 Å². The molecular formula is C31H30F5N3O5. The lowest BCUT2D eigenvalue weighted by atomic mass is 9.95. The molecule has 4 rings (SSSR count). The van der Waals surface area contributed by atoms with Gasteiger partial charge in [-0.1, -0.05) is 72.8 Å². The van der Waals surface area contributed by atoms with Crippen molar-refractivity contribution < 1.29 is 45.8 Å². The van der Waals surface area contributed by atoms with Gasteiger partial charge in [0.25, 0.3) is 17.7 Å². The minimum atomic E-state index is -5.91. The number of ether oxygens (including phenoxy) is 2. The van der Waals surface area contributed by atoms with Gasteiger partial charge in [-0.05, 0) is 29.7 Å². The Bertz CT molecular complexity index is 1470. The van der Waals surface area contributed by atoms with Crippen LogP contribution in [0.5, 0.6) is 0 Å². The minimum absolute atomic E-state index is 0.0882. The average molecular weight is 620 g/mol. The molecule has 0 spiro atoms. The van der Waals surface area contributed by atoms with E-state index in [0.717, 1.165) is 5.56 Å². The molecule has 44 heavy (non-hydrogen) atoms. The topological polar surface area (TPSA) is 97.0 Å². The number of carbonyl (C=O) groups excluding carboxylic acids is 3. The van der Waals surface area contributed by atoms with Crippen LogP contribution in [-0.2, 0) is 30.5 Å². The summed E-state index contributed by atoms with van der Waals surface area (Å²) in [6.45, 7) is -0.439. The Labute approximate surface area is 250 Å². The summed E-state index contributed by atoms with van der Waals surface area (Å²) in [5, 5.41) is 3.91. The third-order valence-corrected chi connectivity index (χ3v) is 6.84. The summed E-state index contributed by atoms with van der Waals surface area (Å²) >= 11 is 0. The SMILES string of the molecule is CCO[C@@H](C(=O)NCC(F)(F)C(F)(F)F)C(=O)NC1C(=O)N(CCOCc2ccccc2)c2ccccc2-c2ccccc21. The number of alkyl halides is 5. The maximum Gasteiger partial charge on any atom is 0.455 e. The van der Waals surface area contributed by atoms with E-state index >= 15 is 0 Å². The summed E-state index contributed by atoms with van der Waals surface area (Å²) in [5.74, 6) is -8.53. The molecule has 1 aliphatic heterocycles. The second kappa shape index (κ2) is 14.0. The van der Waals surface area contributed by atoms with Gasteiger partial charge >= 0.3 is 12.1 Å². The number of para-hydroxylation sites is 1. The monoisotopic (exact) mass is 619 g/mol. The van der Waals surface area contributed by atoms with Crippen LogP contribution in [0.4, 0.5) is 27.6 Å². The smallest absolute Gasteiger partial charge is 0.375 e. The highest BCUT2D eigenvalue weighted by Gasteiger charge is 2.57. The first-order valence-corrected chi connectivity index (χ1v) is 13.7. The first-order chi connectivity index (χ1) is 20.9. The number of amides is 3. The zero-order valence-corrected chi connectivity index (χ0v) is 23.6. The fourth-order valence-electron chi connectivity index (χ4n) is 4.67. The molecule has 0 saturated heterocycles. The van der Waals surface area contributed by atoms with Crippen molar-refractivity contribution in [2.45, 2.75) is 37.8 Å². The lowest BCUT2D eigenvalue weighted by Crippen LogP contribution is -2.54. The highest BCUT2D eigenvalue weighted by Crippen LogP contribution is 2.40. The molecule has 0 saturated carbocycles. The molecular weight excluding hydrogens is 589 g/mol. The van der Waals surface area contributed by atoms with Gasteiger partial charge in [-0.15, -0.1) is 0 Å². The van der Waals surface area contributed by atoms with Gasteiger partial charge in [0, 0.05) is 18.7 Å². The van der Waals surface area contributed by atoms with E-state index in [1.165, 1.54) is 17.1 Å². The Morgan fingerprint density at radius 2 is 1.52 bits per heavy atom. The number of halogens is 5. The van der Waals surface area contributed by atoms with Crippen LogP contribution in [-0.4, -0.2) is 62.2 Å². The summed E-state index contributed by atoms with van der Waals surface area (Å²) in [4.78, 5) is 41.5. The number of carbonyl (C=O) groups is 3. The molecule has 0 bridgehead atoms. The molecule has 13 heteroatoms. The number of anilines is 1. The predicted octanol–water partition coefficient (Wildman–Crippen LogP) is 4.79. The van der Waals surface area contributed by atoms with Gasteiger partial charge < -0.3 is 25.0 Å². The molecule has 0 fully saturated rings. The lowest BCUT2D eigenvalue weighted by Gasteiger charge is -2.28. The maximum atomic E-state index is 14.1. The van der Waals surface area contributed by atoms with Crippen molar-refractivity contribution in [3.8, 4) is 11.1 Å². The van der Waals surface area contributed by atoms with Crippen molar-refractivity contribution in [1.82, 2.24) is 10.6 Å². The van der Waals surface area contributed by atoms with Gasteiger partial charge in [-0.2, -0.15) is 22.0 Å². The third kappa shape index (κ3) is 7.40. The molecule has 3 amide bonds. The average Bonchev–Trinajstić information content (AvgIpc) is 3.10. The van der Waals surface area contributed by atoms with E-state index in [0.29, 0.717) is 29.0 Å².